The van der Waals surface area contributed by atoms with E-state index in [1.165, 1.54) is 12.3 Å². The number of amides is 2. The fraction of sp³-hybridized carbons (Fsp3) is 0.350. The first-order valence-corrected chi connectivity index (χ1v) is 9.67. The highest BCUT2D eigenvalue weighted by Crippen LogP contribution is 2.22. The van der Waals surface area contributed by atoms with Gasteiger partial charge in [-0.2, -0.15) is 0 Å². The van der Waals surface area contributed by atoms with Crippen LogP contribution in [0.15, 0.2) is 42.6 Å². The van der Waals surface area contributed by atoms with Crippen molar-refractivity contribution >= 4 is 29.1 Å². The summed E-state index contributed by atoms with van der Waals surface area (Å²) in [6.07, 6.45) is 4.73. The number of hydrogen-bond acceptors (Lipinski definition) is 4. The van der Waals surface area contributed by atoms with Gasteiger partial charge in [0.2, 0.25) is 5.91 Å². The smallest absolute Gasteiger partial charge is 0.273 e. The Balaban J connectivity index is 1.62. The Hall–Kier alpha value is -2.71. The molecule has 7 nitrogen and oxygen atoms in total. The SMILES string of the molecule is CN(C/C=C/C(=O)N1CCn2c(C(=O)Nc3ccccc3Cl)cnc2C1)CCF. The molecule has 2 aromatic rings. The van der Waals surface area contributed by atoms with Crippen molar-refractivity contribution < 1.29 is 14.0 Å². The van der Waals surface area contributed by atoms with Crippen LogP contribution in [0, 0.1) is 0 Å². The van der Waals surface area contributed by atoms with Gasteiger partial charge in [0.05, 0.1) is 23.5 Å². The molecule has 2 amide bonds. The van der Waals surface area contributed by atoms with E-state index in [4.69, 9.17) is 11.6 Å². The minimum Gasteiger partial charge on any atom is -0.330 e. The highest BCUT2D eigenvalue weighted by Gasteiger charge is 2.25. The fourth-order valence-electron chi connectivity index (χ4n) is 3.05. The average molecular weight is 420 g/mol. The zero-order chi connectivity index (χ0) is 20.8. The zero-order valence-corrected chi connectivity index (χ0v) is 16.9. The molecule has 0 atom stereocenters. The van der Waals surface area contributed by atoms with Crippen LogP contribution in [-0.4, -0.2) is 64.5 Å². The average Bonchev–Trinajstić information content (AvgIpc) is 3.13. The third kappa shape index (κ3) is 5.21. The molecule has 0 saturated carbocycles. The van der Waals surface area contributed by atoms with E-state index in [2.05, 4.69) is 10.3 Å². The lowest BCUT2D eigenvalue weighted by molar-refractivity contribution is -0.127. The van der Waals surface area contributed by atoms with Gasteiger partial charge in [0.1, 0.15) is 18.2 Å². The third-order valence-corrected chi connectivity index (χ3v) is 5.00. The standard InChI is InChI=1S/C20H23ClFN5O2/c1-25(10-8-22)9-4-7-19(28)26-11-12-27-17(13-23-18(27)14-26)20(29)24-16-6-3-2-5-15(16)21/h2-7,13H,8-12,14H2,1H3,(H,24,29)/b7-4+. The van der Waals surface area contributed by atoms with E-state index in [9.17, 15) is 14.0 Å². The number of anilines is 1. The maximum Gasteiger partial charge on any atom is 0.273 e. The molecule has 0 bridgehead atoms. The number of carbonyl (C=O) groups is 2. The minimum absolute atomic E-state index is 0.130. The zero-order valence-electron chi connectivity index (χ0n) is 16.1. The number of alkyl halides is 1. The van der Waals surface area contributed by atoms with E-state index in [1.54, 1.807) is 47.2 Å². The topological polar surface area (TPSA) is 70.5 Å². The van der Waals surface area contributed by atoms with Crippen molar-refractivity contribution in [3.05, 3.63) is 59.2 Å². The summed E-state index contributed by atoms with van der Waals surface area (Å²) < 4.78 is 14.1. The van der Waals surface area contributed by atoms with Crippen LogP contribution in [0.1, 0.15) is 16.3 Å². The van der Waals surface area contributed by atoms with E-state index < -0.39 is 6.67 Å². The lowest BCUT2D eigenvalue weighted by Crippen LogP contribution is -2.38. The minimum atomic E-state index is -0.417. The molecule has 1 aliphatic rings. The largest absolute Gasteiger partial charge is 0.330 e. The molecule has 1 aromatic heterocycles. The Morgan fingerprint density at radius 3 is 2.90 bits per heavy atom. The summed E-state index contributed by atoms with van der Waals surface area (Å²) >= 11 is 6.10. The quantitative estimate of drug-likeness (QED) is 0.700. The normalized spacial score (nSPS) is 13.7. The van der Waals surface area contributed by atoms with Crippen molar-refractivity contribution in [2.45, 2.75) is 13.1 Å². The molecule has 0 aliphatic carbocycles. The molecule has 2 heterocycles. The fourth-order valence-corrected chi connectivity index (χ4v) is 3.24. The van der Waals surface area contributed by atoms with Gasteiger partial charge in [-0.05, 0) is 19.2 Å². The molecule has 1 aromatic carbocycles. The Bertz CT molecular complexity index is 914. The molecule has 9 heteroatoms. The second-order valence-electron chi connectivity index (χ2n) is 6.76. The van der Waals surface area contributed by atoms with Crippen LogP contribution in [0.5, 0.6) is 0 Å². The lowest BCUT2D eigenvalue weighted by Gasteiger charge is -2.27. The number of likely N-dealkylation sites (N-methyl/N-ethyl adjacent to an activating group) is 1. The third-order valence-electron chi connectivity index (χ3n) is 4.67. The van der Waals surface area contributed by atoms with Gasteiger partial charge >= 0.3 is 0 Å². The number of carbonyl (C=O) groups excluding carboxylic acids is 2. The van der Waals surface area contributed by atoms with E-state index >= 15 is 0 Å². The summed E-state index contributed by atoms with van der Waals surface area (Å²) in [4.78, 5) is 32.8. The van der Waals surface area contributed by atoms with Gasteiger partial charge in [-0.15, -0.1) is 0 Å². The van der Waals surface area contributed by atoms with Gasteiger partial charge in [-0.1, -0.05) is 29.8 Å². The van der Waals surface area contributed by atoms with Crippen LogP contribution in [0.2, 0.25) is 5.02 Å². The number of imidazole rings is 1. The molecule has 1 aliphatic heterocycles. The van der Waals surface area contributed by atoms with E-state index in [-0.39, 0.29) is 11.8 Å². The highest BCUT2D eigenvalue weighted by molar-refractivity contribution is 6.33. The summed E-state index contributed by atoms with van der Waals surface area (Å²) in [6, 6.07) is 7.01. The van der Waals surface area contributed by atoms with E-state index in [1.807, 2.05) is 4.57 Å². The molecule has 0 unspecified atom stereocenters. The number of para-hydroxylation sites is 1. The van der Waals surface area contributed by atoms with Crippen molar-refractivity contribution in [1.82, 2.24) is 19.4 Å². The number of aromatic nitrogens is 2. The summed E-state index contributed by atoms with van der Waals surface area (Å²) in [5.41, 5.74) is 0.959. The molecule has 154 valence electrons. The first kappa shape index (κ1) is 21.0. The summed E-state index contributed by atoms with van der Waals surface area (Å²) in [5.74, 6) is 0.222. The van der Waals surface area contributed by atoms with Crippen molar-refractivity contribution in [3.63, 3.8) is 0 Å². The lowest BCUT2D eigenvalue weighted by atomic mass is 10.3. The molecule has 3 rings (SSSR count). The Morgan fingerprint density at radius 2 is 2.14 bits per heavy atom. The van der Waals surface area contributed by atoms with Crippen LogP contribution >= 0.6 is 11.6 Å². The Morgan fingerprint density at radius 1 is 1.34 bits per heavy atom. The van der Waals surface area contributed by atoms with Crippen molar-refractivity contribution in [3.8, 4) is 0 Å². The molecule has 0 saturated heterocycles. The van der Waals surface area contributed by atoms with Crippen LogP contribution in [-0.2, 0) is 17.9 Å². The van der Waals surface area contributed by atoms with Crippen LogP contribution in [0.4, 0.5) is 10.1 Å². The molecular weight excluding hydrogens is 397 g/mol. The van der Waals surface area contributed by atoms with Gasteiger partial charge in [0.15, 0.2) is 0 Å². The molecule has 0 radical (unpaired) electrons. The number of nitrogens with one attached hydrogen (secondary N) is 1. The van der Waals surface area contributed by atoms with Crippen LogP contribution in [0.25, 0.3) is 0 Å². The van der Waals surface area contributed by atoms with Gasteiger partial charge < -0.3 is 19.7 Å². The summed E-state index contributed by atoms with van der Waals surface area (Å²) in [7, 11) is 1.79. The van der Waals surface area contributed by atoms with E-state index in [0.717, 1.165) is 0 Å². The molecular formula is C20H23ClFN5O2. The highest BCUT2D eigenvalue weighted by atomic mass is 35.5. The number of hydrogen-bond donors (Lipinski definition) is 1. The first-order valence-electron chi connectivity index (χ1n) is 9.30. The van der Waals surface area contributed by atoms with Gasteiger partial charge in [0, 0.05) is 32.3 Å². The van der Waals surface area contributed by atoms with Gasteiger partial charge in [0.25, 0.3) is 5.91 Å². The van der Waals surface area contributed by atoms with E-state index in [0.29, 0.717) is 55.0 Å². The van der Waals surface area contributed by atoms with Crippen molar-refractivity contribution in [2.24, 2.45) is 0 Å². The summed E-state index contributed by atoms with van der Waals surface area (Å²) in [5, 5.41) is 3.25. The molecule has 29 heavy (non-hydrogen) atoms. The Kier molecular flexibility index (Phi) is 7.00. The monoisotopic (exact) mass is 419 g/mol. The number of rotatable bonds is 7. The summed E-state index contributed by atoms with van der Waals surface area (Å²) in [6.45, 7) is 1.69. The maximum atomic E-state index is 12.6. The van der Waals surface area contributed by atoms with Gasteiger partial charge in [-0.25, -0.2) is 9.37 Å². The van der Waals surface area contributed by atoms with Gasteiger partial charge in [-0.3, -0.25) is 9.59 Å². The predicted octanol–water partition coefficient (Wildman–Crippen LogP) is 2.59. The van der Waals surface area contributed by atoms with Crippen molar-refractivity contribution in [1.29, 1.82) is 0 Å². The molecule has 0 fully saturated rings. The number of halogens is 2. The van der Waals surface area contributed by atoms with Crippen LogP contribution < -0.4 is 5.32 Å². The second kappa shape index (κ2) is 9.67. The second-order valence-corrected chi connectivity index (χ2v) is 7.17. The Labute approximate surface area is 173 Å². The van der Waals surface area contributed by atoms with Crippen LogP contribution in [0.3, 0.4) is 0 Å². The number of benzene rings is 1. The molecule has 1 N–H and O–H groups in total. The number of nitrogens with zero attached hydrogens (tertiary/aromatic N) is 4. The maximum absolute atomic E-state index is 12.6. The van der Waals surface area contributed by atoms with Crippen molar-refractivity contribution in [2.75, 3.05) is 38.7 Å². The molecule has 0 spiro atoms. The number of fused-ring (bicyclic) bond motifs is 1. The predicted molar refractivity (Wildman–Crippen MR) is 110 cm³/mol. The first-order chi connectivity index (χ1) is 14.0.